The molecule has 3 aromatic rings. The average molecular weight is 428 g/mol. The fraction of sp³-hybridized carbons (Fsp3) is 0.118. The number of nitrogens with zero attached hydrogens (tertiary/aromatic N) is 3. The Hall–Kier alpha value is -2.48. The molecular weight excluding hydrogens is 415 g/mol. The van der Waals surface area contributed by atoms with Crippen molar-refractivity contribution in [3.8, 4) is 5.75 Å². The molecule has 27 heavy (non-hydrogen) atoms. The van der Waals surface area contributed by atoms with E-state index < -0.39 is 0 Å². The zero-order chi connectivity index (χ0) is 19.7. The molecular formula is C17H13Cl3N4O3. The third-order valence-electron chi connectivity index (χ3n) is 3.88. The van der Waals surface area contributed by atoms with Crippen molar-refractivity contribution in [2.45, 2.75) is 6.92 Å². The lowest BCUT2D eigenvalue weighted by Gasteiger charge is -2.10. The van der Waals surface area contributed by atoms with Crippen LogP contribution in [0.4, 0.5) is 5.69 Å². The van der Waals surface area contributed by atoms with Gasteiger partial charge in [-0.25, -0.2) is 0 Å². The largest absolute Gasteiger partial charge is 0.618 e. The quantitative estimate of drug-likeness (QED) is 0.297. The van der Waals surface area contributed by atoms with Gasteiger partial charge in [-0.15, -0.1) is 0 Å². The zero-order valence-electron chi connectivity index (χ0n) is 14.2. The predicted molar refractivity (Wildman–Crippen MR) is 106 cm³/mol. The van der Waals surface area contributed by atoms with Crippen molar-refractivity contribution in [3.05, 3.63) is 67.2 Å². The molecule has 0 saturated heterocycles. The number of hydrogen-bond donors (Lipinski definition) is 1. The second kappa shape index (κ2) is 7.64. The van der Waals surface area contributed by atoms with Crippen LogP contribution in [0.2, 0.25) is 15.1 Å². The van der Waals surface area contributed by atoms with Gasteiger partial charge in [0.15, 0.2) is 0 Å². The first kappa shape index (κ1) is 19.3. The summed E-state index contributed by atoms with van der Waals surface area (Å²) in [7, 11) is 1.47. The summed E-state index contributed by atoms with van der Waals surface area (Å²) in [5.41, 5.74) is 3.59. The number of aromatic nitrogens is 2. The van der Waals surface area contributed by atoms with Crippen molar-refractivity contribution in [3.63, 3.8) is 0 Å². The molecule has 140 valence electrons. The molecule has 0 radical (unpaired) electrons. The Balaban J connectivity index is 2.03. The fourth-order valence-electron chi connectivity index (χ4n) is 2.48. The van der Waals surface area contributed by atoms with E-state index in [1.54, 1.807) is 6.07 Å². The van der Waals surface area contributed by atoms with E-state index in [9.17, 15) is 10.4 Å². The number of rotatable bonds is 4. The molecule has 0 spiro atoms. The molecule has 3 rings (SSSR count). The summed E-state index contributed by atoms with van der Waals surface area (Å²) in [6.45, 7) is 1.52. The first-order chi connectivity index (χ1) is 12.8. The zero-order valence-corrected chi connectivity index (χ0v) is 16.4. The van der Waals surface area contributed by atoms with Gasteiger partial charge in [0.2, 0.25) is 0 Å². The Morgan fingerprint density at radius 2 is 1.70 bits per heavy atom. The highest BCUT2D eigenvalue weighted by Crippen LogP contribution is 2.33. The summed E-state index contributed by atoms with van der Waals surface area (Å²) in [4.78, 5) is 0. The Bertz CT molecular complexity index is 1050. The van der Waals surface area contributed by atoms with Gasteiger partial charge in [0.25, 0.3) is 16.7 Å². The standard InChI is InChI=1S/C17H13Cl3N4O3/c1-9-16(8-21-22-17-12(19)5-10(18)6-13(17)20)24(26)15-7-11(27-2)3-4-14(15)23(9)25/h3-8,22H,1-2H3/b21-8+. The normalized spacial score (nSPS) is 11.3. The molecule has 1 aromatic heterocycles. The van der Waals surface area contributed by atoms with Crippen LogP contribution in [0.25, 0.3) is 11.0 Å². The lowest BCUT2D eigenvalue weighted by atomic mass is 10.2. The van der Waals surface area contributed by atoms with Gasteiger partial charge in [-0.05, 0) is 18.2 Å². The van der Waals surface area contributed by atoms with Gasteiger partial charge in [-0.1, -0.05) is 34.8 Å². The molecule has 0 aliphatic heterocycles. The van der Waals surface area contributed by atoms with Crippen molar-refractivity contribution >= 4 is 57.7 Å². The van der Waals surface area contributed by atoms with Crippen molar-refractivity contribution in [1.82, 2.24) is 0 Å². The minimum absolute atomic E-state index is 0.0551. The van der Waals surface area contributed by atoms with E-state index in [1.165, 1.54) is 44.5 Å². The number of ether oxygens (including phenoxy) is 1. The predicted octanol–water partition coefficient (Wildman–Crippen LogP) is 3.83. The summed E-state index contributed by atoms with van der Waals surface area (Å²) in [6.07, 6.45) is 1.22. The molecule has 0 fully saturated rings. The smallest absolute Gasteiger partial charge is 0.305 e. The fourth-order valence-corrected chi connectivity index (χ4v) is 3.38. The Morgan fingerprint density at radius 3 is 2.33 bits per heavy atom. The SMILES string of the molecule is COc1ccc2c(c1)[n+]([O-])c(/C=N/Nc1c(Cl)cc(Cl)cc1Cl)c(C)[n+]2[O-]. The van der Waals surface area contributed by atoms with Gasteiger partial charge in [0.05, 0.1) is 28.9 Å². The number of methoxy groups -OCH3 is 1. The summed E-state index contributed by atoms with van der Waals surface area (Å²) in [5, 5.41) is 30.1. The van der Waals surface area contributed by atoms with Crippen LogP contribution in [0.15, 0.2) is 35.4 Å². The van der Waals surface area contributed by atoms with Crippen molar-refractivity contribution in [2.24, 2.45) is 5.10 Å². The number of benzene rings is 2. The molecule has 0 atom stereocenters. The van der Waals surface area contributed by atoms with Gasteiger partial charge >= 0.3 is 5.69 Å². The topological polar surface area (TPSA) is 87.5 Å². The van der Waals surface area contributed by atoms with Crippen LogP contribution < -0.4 is 19.6 Å². The van der Waals surface area contributed by atoms with E-state index in [-0.39, 0.29) is 32.5 Å². The Kier molecular flexibility index (Phi) is 5.46. The number of fused-ring (bicyclic) bond motifs is 1. The molecule has 2 aromatic carbocycles. The van der Waals surface area contributed by atoms with E-state index in [2.05, 4.69) is 10.5 Å². The van der Waals surface area contributed by atoms with E-state index >= 15 is 0 Å². The van der Waals surface area contributed by atoms with Gasteiger partial charge in [-0.2, -0.15) is 14.6 Å². The molecule has 0 aliphatic carbocycles. The Labute approximate surface area is 169 Å². The number of anilines is 1. The third kappa shape index (κ3) is 3.66. The van der Waals surface area contributed by atoms with Crippen LogP contribution in [-0.2, 0) is 0 Å². The molecule has 0 aliphatic rings. The summed E-state index contributed by atoms with van der Waals surface area (Å²) in [6, 6.07) is 7.61. The summed E-state index contributed by atoms with van der Waals surface area (Å²) >= 11 is 18.0. The molecule has 10 heteroatoms. The lowest BCUT2D eigenvalue weighted by molar-refractivity contribution is -0.634. The van der Waals surface area contributed by atoms with Crippen LogP contribution in [0.3, 0.4) is 0 Å². The first-order valence-electron chi connectivity index (χ1n) is 7.60. The van der Waals surface area contributed by atoms with Crippen LogP contribution in [0.5, 0.6) is 5.75 Å². The maximum atomic E-state index is 12.7. The summed E-state index contributed by atoms with van der Waals surface area (Å²) < 4.78 is 6.38. The highest BCUT2D eigenvalue weighted by Gasteiger charge is 2.24. The second-order valence-corrected chi connectivity index (χ2v) is 6.78. The van der Waals surface area contributed by atoms with E-state index in [0.29, 0.717) is 25.9 Å². The van der Waals surface area contributed by atoms with Gasteiger partial charge in [0.1, 0.15) is 12.0 Å². The van der Waals surface area contributed by atoms with Crippen LogP contribution >= 0.6 is 34.8 Å². The van der Waals surface area contributed by atoms with Crippen LogP contribution in [-0.4, -0.2) is 13.3 Å². The highest BCUT2D eigenvalue weighted by molar-refractivity contribution is 6.41. The average Bonchev–Trinajstić information content (AvgIpc) is 2.63. The molecule has 0 amide bonds. The van der Waals surface area contributed by atoms with Gasteiger partial charge < -0.3 is 15.2 Å². The second-order valence-electron chi connectivity index (χ2n) is 5.53. The number of hydrazone groups is 1. The molecule has 0 bridgehead atoms. The summed E-state index contributed by atoms with van der Waals surface area (Å²) in [5.74, 6) is 0.455. The monoisotopic (exact) mass is 426 g/mol. The van der Waals surface area contributed by atoms with Crippen molar-refractivity contribution in [2.75, 3.05) is 12.5 Å². The Morgan fingerprint density at radius 1 is 1.04 bits per heavy atom. The van der Waals surface area contributed by atoms with Gasteiger partial charge in [0, 0.05) is 18.0 Å². The van der Waals surface area contributed by atoms with Crippen LogP contribution in [0, 0.1) is 17.3 Å². The van der Waals surface area contributed by atoms with Gasteiger partial charge in [-0.3, -0.25) is 5.43 Å². The number of hydrogen-bond acceptors (Lipinski definition) is 5. The molecule has 1 heterocycles. The number of nitrogens with one attached hydrogen (secondary N) is 1. The molecule has 0 saturated carbocycles. The third-order valence-corrected chi connectivity index (χ3v) is 4.70. The molecule has 7 nitrogen and oxygen atoms in total. The molecule has 0 unspecified atom stereocenters. The minimum Gasteiger partial charge on any atom is -0.618 e. The number of halogens is 3. The van der Waals surface area contributed by atoms with E-state index in [1.807, 2.05) is 0 Å². The minimum atomic E-state index is 0.0551. The maximum Gasteiger partial charge on any atom is 0.305 e. The first-order valence-corrected chi connectivity index (χ1v) is 8.74. The van der Waals surface area contributed by atoms with Crippen molar-refractivity contribution < 1.29 is 14.2 Å². The highest BCUT2D eigenvalue weighted by atomic mass is 35.5. The van der Waals surface area contributed by atoms with E-state index in [0.717, 1.165) is 0 Å². The lowest BCUT2D eigenvalue weighted by Crippen LogP contribution is -2.44. The molecule has 1 N–H and O–H groups in total. The van der Waals surface area contributed by atoms with Crippen molar-refractivity contribution in [1.29, 1.82) is 0 Å². The van der Waals surface area contributed by atoms with E-state index in [4.69, 9.17) is 39.5 Å². The van der Waals surface area contributed by atoms with Crippen LogP contribution in [0.1, 0.15) is 11.4 Å². The maximum absolute atomic E-state index is 12.7.